The van der Waals surface area contributed by atoms with Crippen molar-refractivity contribution in [3.63, 3.8) is 0 Å². The third-order valence-electron chi connectivity index (χ3n) is 1.75. The molecule has 1 heterocycles. The summed E-state index contributed by atoms with van der Waals surface area (Å²) in [5.41, 5.74) is 5.57. The smallest absolute Gasteiger partial charge is 0.0479 e. The van der Waals surface area contributed by atoms with Crippen molar-refractivity contribution in [1.29, 1.82) is 0 Å². The first kappa shape index (κ1) is 7.75. The highest BCUT2D eigenvalue weighted by Crippen LogP contribution is 2.29. The Bertz CT molecular complexity index is 91.1. The fraction of sp³-hybridized carbons (Fsp3) is 1.00. The molecular formula is C6H12INO. The lowest BCUT2D eigenvalue weighted by molar-refractivity contribution is 0.0832. The Morgan fingerprint density at radius 2 is 2.00 bits per heavy atom. The first-order chi connectivity index (χ1) is 4.27. The highest BCUT2D eigenvalue weighted by Gasteiger charge is 2.27. The van der Waals surface area contributed by atoms with Crippen molar-refractivity contribution in [1.82, 2.24) is 0 Å². The van der Waals surface area contributed by atoms with Crippen LogP contribution in [0.4, 0.5) is 0 Å². The zero-order valence-electron chi connectivity index (χ0n) is 5.40. The first-order valence-corrected chi connectivity index (χ1v) is 4.31. The van der Waals surface area contributed by atoms with Crippen LogP contribution < -0.4 is 5.73 Å². The summed E-state index contributed by atoms with van der Waals surface area (Å²) in [4.78, 5) is 0. The van der Waals surface area contributed by atoms with Gasteiger partial charge in [0.05, 0.1) is 0 Å². The van der Waals surface area contributed by atoms with E-state index >= 15 is 0 Å². The molecule has 0 radical (unpaired) electrons. The third-order valence-corrected chi connectivity index (χ3v) is 3.27. The van der Waals surface area contributed by atoms with E-state index in [2.05, 4.69) is 22.6 Å². The normalized spacial score (nSPS) is 26.0. The van der Waals surface area contributed by atoms with Crippen molar-refractivity contribution in [2.24, 2.45) is 5.73 Å². The van der Waals surface area contributed by atoms with Crippen LogP contribution >= 0.6 is 22.6 Å². The summed E-state index contributed by atoms with van der Waals surface area (Å²) in [6.45, 7) is 2.57. The van der Waals surface area contributed by atoms with Gasteiger partial charge in [0.15, 0.2) is 0 Å². The third kappa shape index (κ3) is 2.05. The molecule has 0 unspecified atom stereocenters. The summed E-state index contributed by atoms with van der Waals surface area (Å²) in [6, 6.07) is 0. The quantitative estimate of drug-likeness (QED) is 0.547. The van der Waals surface area contributed by atoms with Crippen LogP contribution in [0.25, 0.3) is 0 Å². The molecule has 2 N–H and O–H groups in total. The molecule has 1 aliphatic rings. The summed E-state index contributed by atoms with van der Waals surface area (Å²) >= 11 is 2.45. The van der Waals surface area contributed by atoms with E-state index in [9.17, 15) is 0 Å². The largest absolute Gasteiger partial charge is 0.381 e. The van der Waals surface area contributed by atoms with Crippen LogP contribution in [0.3, 0.4) is 0 Å². The van der Waals surface area contributed by atoms with E-state index in [1.54, 1.807) is 0 Å². The minimum atomic E-state index is 0.343. The van der Waals surface area contributed by atoms with Crippen LogP contribution in [0.15, 0.2) is 0 Å². The lowest BCUT2D eigenvalue weighted by atomic mass is 10.0. The van der Waals surface area contributed by atoms with Crippen molar-refractivity contribution < 1.29 is 4.74 Å². The van der Waals surface area contributed by atoms with E-state index in [0.717, 1.165) is 32.6 Å². The Kier molecular flexibility index (Phi) is 2.73. The van der Waals surface area contributed by atoms with Crippen molar-refractivity contribution >= 4 is 22.6 Å². The van der Waals surface area contributed by atoms with Crippen LogP contribution in [-0.2, 0) is 4.74 Å². The van der Waals surface area contributed by atoms with Gasteiger partial charge in [-0.3, -0.25) is 0 Å². The molecule has 1 aliphatic heterocycles. The van der Waals surface area contributed by atoms with Crippen LogP contribution in [0, 0.1) is 0 Å². The number of ether oxygens (including phenoxy) is 1. The SMILES string of the molecule is NCC1(I)CCOCC1. The molecule has 0 atom stereocenters. The lowest BCUT2D eigenvalue weighted by Crippen LogP contribution is -2.37. The molecule has 0 spiro atoms. The average molecular weight is 241 g/mol. The van der Waals surface area contributed by atoms with E-state index in [1.807, 2.05) is 0 Å². The minimum Gasteiger partial charge on any atom is -0.381 e. The molecule has 0 aromatic carbocycles. The maximum absolute atomic E-state index is 5.57. The zero-order valence-corrected chi connectivity index (χ0v) is 7.56. The molecule has 0 bridgehead atoms. The monoisotopic (exact) mass is 241 g/mol. The van der Waals surface area contributed by atoms with Gasteiger partial charge in [-0.1, -0.05) is 22.6 Å². The summed E-state index contributed by atoms with van der Waals surface area (Å²) in [5.74, 6) is 0. The predicted octanol–water partition coefficient (Wildman–Crippen LogP) is 0.929. The molecule has 1 rings (SSSR count). The van der Waals surface area contributed by atoms with E-state index in [-0.39, 0.29) is 0 Å². The molecule has 3 heteroatoms. The number of hydrogen-bond acceptors (Lipinski definition) is 2. The number of rotatable bonds is 1. The molecule has 9 heavy (non-hydrogen) atoms. The average Bonchev–Trinajstić information content (AvgIpc) is 1.90. The van der Waals surface area contributed by atoms with Gasteiger partial charge in [0, 0.05) is 23.2 Å². The van der Waals surface area contributed by atoms with Crippen LogP contribution in [0.2, 0.25) is 0 Å². The molecule has 0 aromatic rings. The Hall–Kier alpha value is 0.650. The fourth-order valence-corrected chi connectivity index (χ4v) is 1.38. The molecule has 1 fully saturated rings. The van der Waals surface area contributed by atoms with Gasteiger partial charge in [0.1, 0.15) is 0 Å². The van der Waals surface area contributed by atoms with Crippen LogP contribution in [0.5, 0.6) is 0 Å². The molecule has 2 nitrogen and oxygen atoms in total. The van der Waals surface area contributed by atoms with E-state index in [4.69, 9.17) is 10.5 Å². The molecule has 54 valence electrons. The van der Waals surface area contributed by atoms with E-state index in [1.165, 1.54) is 0 Å². The standard InChI is InChI=1S/C6H12INO/c7-6(5-8)1-3-9-4-2-6/h1-5,8H2. The van der Waals surface area contributed by atoms with Crippen molar-refractivity contribution in [3.05, 3.63) is 0 Å². The Morgan fingerprint density at radius 1 is 1.44 bits per heavy atom. The molecule has 0 saturated carbocycles. The maximum atomic E-state index is 5.57. The van der Waals surface area contributed by atoms with Crippen molar-refractivity contribution in [3.8, 4) is 0 Å². The Balaban J connectivity index is 2.37. The lowest BCUT2D eigenvalue weighted by Gasteiger charge is -2.29. The Labute approximate surface area is 69.3 Å². The number of hydrogen-bond donors (Lipinski definition) is 1. The second-order valence-corrected chi connectivity index (χ2v) is 4.76. The van der Waals surface area contributed by atoms with E-state index in [0.29, 0.717) is 3.42 Å². The summed E-state index contributed by atoms with van der Waals surface area (Å²) in [7, 11) is 0. The topological polar surface area (TPSA) is 35.2 Å². The van der Waals surface area contributed by atoms with Gasteiger partial charge in [-0.25, -0.2) is 0 Å². The number of nitrogens with two attached hydrogens (primary N) is 1. The van der Waals surface area contributed by atoms with Gasteiger partial charge in [-0.15, -0.1) is 0 Å². The van der Waals surface area contributed by atoms with Gasteiger partial charge in [-0.05, 0) is 12.8 Å². The molecule has 0 amide bonds. The van der Waals surface area contributed by atoms with Crippen LogP contribution in [0.1, 0.15) is 12.8 Å². The summed E-state index contributed by atoms with van der Waals surface area (Å²) < 4.78 is 5.55. The molecule has 0 aliphatic carbocycles. The van der Waals surface area contributed by atoms with Gasteiger partial charge in [-0.2, -0.15) is 0 Å². The van der Waals surface area contributed by atoms with Crippen molar-refractivity contribution in [2.45, 2.75) is 16.3 Å². The summed E-state index contributed by atoms with van der Waals surface area (Å²) in [5, 5.41) is 0. The minimum absolute atomic E-state index is 0.343. The second-order valence-electron chi connectivity index (χ2n) is 2.47. The van der Waals surface area contributed by atoms with Crippen LogP contribution in [-0.4, -0.2) is 23.2 Å². The van der Waals surface area contributed by atoms with Gasteiger partial charge in [0.2, 0.25) is 0 Å². The van der Waals surface area contributed by atoms with Crippen molar-refractivity contribution in [2.75, 3.05) is 19.8 Å². The number of alkyl halides is 1. The number of halogens is 1. The highest BCUT2D eigenvalue weighted by molar-refractivity contribution is 14.1. The van der Waals surface area contributed by atoms with Gasteiger partial charge >= 0.3 is 0 Å². The fourth-order valence-electron chi connectivity index (χ4n) is 0.941. The molecule has 1 saturated heterocycles. The maximum Gasteiger partial charge on any atom is 0.0479 e. The Morgan fingerprint density at radius 3 is 2.33 bits per heavy atom. The summed E-state index contributed by atoms with van der Waals surface area (Å²) in [6.07, 6.45) is 2.23. The van der Waals surface area contributed by atoms with Gasteiger partial charge in [0.25, 0.3) is 0 Å². The van der Waals surface area contributed by atoms with Gasteiger partial charge < -0.3 is 10.5 Å². The van der Waals surface area contributed by atoms with E-state index < -0.39 is 0 Å². The first-order valence-electron chi connectivity index (χ1n) is 3.24. The molecule has 0 aromatic heterocycles. The predicted molar refractivity (Wildman–Crippen MR) is 45.9 cm³/mol. The zero-order chi connectivity index (χ0) is 6.74. The highest BCUT2D eigenvalue weighted by atomic mass is 127. The second kappa shape index (κ2) is 3.16. The molecular weight excluding hydrogens is 229 g/mol.